The fourth-order valence-corrected chi connectivity index (χ4v) is 4.47. The minimum Gasteiger partial charge on any atom is -0.545 e. The molecule has 168 valence electrons. The monoisotopic (exact) mass is 479 g/mol. The molecule has 0 atom stereocenters. The van der Waals surface area contributed by atoms with Crippen LogP contribution in [0.4, 0.5) is 5.69 Å². The predicted molar refractivity (Wildman–Crippen MR) is 129 cm³/mol. The third kappa shape index (κ3) is 5.21. The number of carbonyl (C=O) groups excluding carboxylic acids is 2. The quantitative estimate of drug-likeness (QED) is 0.425. The van der Waals surface area contributed by atoms with Crippen molar-refractivity contribution in [1.82, 2.24) is 4.90 Å². The van der Waals surface area contributed by atoms with E-state index in [1.54, 1.807) is 29.2 Å². The average molecular weight is 480 g/mol. The number of nitrogens with zero attached hydrogens (tertiary/aromatic N) is 2. The molecule has 1 aliphatic rings. The van der Waals surface area contributed by atoms with Crippen molar-refractivity contribution in [2.45, 2.75) is 19.8 Å². The Hall–Kier alpha value is -3.29. The number of carboxylic acids is 1. The number of aromatic carboxylic acids is 1. The maximum absolute atomic E-state index is 13.1. The van der Waals surface area contributed by atoms with Gasteiger partial charge < -0.3 is 14.3 Å². The van der Waals surface area contributed by atoms with Crippen molar-refractivity contribution in [3.05, 3.63) is 81.9 Å². The average Bonchev–Trinajstić information content (AvgIpc) is 3.38. The highest BCUT2D eigenvalue weighted by Crippen LogP contribution is 2.35. The number of hydrogen-bond donors (Lipinski definition) is 0. The Balaban J connectivity index is 1.62. The smallest absolute Gasteiger partial charge is 0.266 e. The van der Waals surface area contributed by atoms with Gasteiger partial charge in [0.15, 0.2) is 5.17 Å². The fraction of sp³-hybridized carbons (Fsp3) is 0.160. The van der Waals surface area contributed by atoms with Crippen LogP contribution < -0.4 is 5.11 Å². The summed E-state index contributed by atoms with van der Waals surface area (Å²) in [6.45, 7) is 2.66. The van der Waals surface area contributed by atoms with Crippen molar-refractivity contribution < 1.29 is 19.1 Å². The number of halogens is 1. The number of carbonyl (C=O) groups is 2. The molecule has 33 heavy (non-hydrogen) atoms. The normalized spacial score (nSPS) is 16.2. The van der Waals surface area contributed by atoms with Crippen molar-refractivity contribution in [2.75, 3.05) is 6.54 Å². The molecular formula is C25H20ClN2O4S-. The number of carboxylic acid groups (broad SMARTS) is 1. The molecule has 1 saturated heterocycles. The lowest BCUT2D eigenvalue weighted by atomic mass is 10.1. The van der Waals surface area contributed by atoms with Gasteiger partial charge >= 0.3 is 0 Å². The van der Waals surface area contributed by atoms with Crippen molar-refractivity contribution in [1.29, 1.82) is 0 Å². The van der Waals surface area contributed by atoms with Crippen molar-refractivity contribution in [3.63, 3.8) is 0 Å². The van der Waals surface area contributed by atoms with Gasteiger partial charge in [0.1, 0.15) is 11.5 Å². The summed E-state index contributed by atoms with van der Waals surface area (Å²) < 4.78 is 5.87. The van der Waals surface area contributed by atoms with Crippen LogP contribution in [0.15, 0.2) is 75.0 Å². The first-order valence-corrected chi connectivity index (χ1v) is 11.6. The second kappa shape index (κ2) is 10.1. The highest BCUT2D eigenvalue weighted by atomic mass is 35.5. The Morgan fingerprint density at radius 3 is 2.70 bits per heavy atom. The molecule has 3 aromatic rings. The van der Waals surface area contributed by atoms with Crippen LogP contribution in [0.1, 0.15) is 35.9 Å². The molecule has 1 aromatic heterocycles. The molecule has 0 unspecified atom stereocenters. The lowest BCUT2D eigenvalue weighted by molar-refractivity contribution is -0.255. The molecular weight excluding hydrogens is 460 g/mol. The standard InChI is InChI=1S/C25H21ClN2O4S/c1-2-3-13-28-23(29)22(33-25(28)27-17-7-5-4-6-8-17)15-18-10-12-21(32-18)16-9-11-20(26)19(14-16)24(30)31/h4-12,14-15H,2-3,13H2,1H3,(H,30,31)/p-1/b22-15-,27-25?. The van der Waals surface area contributed by atoms with Crippen LogP contribution >= 0.6 is 23.4 Å². The van der Waals surface area contributed by atoms with Crippen LogP contribution in [0.3, 0.4) is 0 Å². The number of thioether (sulfide) groups is 1. The van der Waals surface area contributed by atoms with Gasteiger partial charge in [0, 0.05) is 28.8 Å². The summed E-state index contributed by atoms with van der Waals surface area (Å²) in [6.07, 6.45) is 3.51. The van der Waals surface area contributed by atoms with E-state index in [0.717, 1.165) is 18.5 Å². The second-order valence-corrected chi connectivity index (χ2v) is 8.75. The predicted octanol–water partition coefficient (Wildman–Crippen LogP) is 5.37. The number of rotatable bonds is 7. The summed E-state index contributed by atoms with van der Waals surface area (Å²) in [7, 11) is 0. The lowest BCUT2D eigenvalue weighted by Gasteiger charge is -2.14. The number of benzene rings is 2. The summed E-state index contributed by atoms with van der Waals surface area (Å²) in [5.74, 6) is -0.549. The van der Waals surface area contributed by atoms with Crippen LogP contribution in [-0.2, 0) is 4.79 Å². The van der Waals surface area contributed by atoms with Gasteiger partial charge in [-0.15, -0.1) is 0 Å². The van der Waals surface area contributed by atoms with E-state index in [-0.39, 0.29) is 16.5 Å². The number of hydrogen-bond acceptors (Lipinski definition) is 6. The van der Waals surface area contributed by atoms with Gasteiger partial charge in [0.05, 0.1) is 16.6 Å². The Labute approximate surface area is 200 Å². The van der Waals surface area contributed by atoms with Crippen LogP contribution in [0, 0.1) is 0 Å². The molecule has 0 saturated carbocycles. The molecule has 1 fully saturated rings. The topological polar surface area (TPSA) is 85.9 Å². The molecule has 0 radical (unpaired) electrons. The number of para-hydroxylation sites is 1. The van der Waals surface area contributed by atoms with Gasteiger partial charge in [-0.3, -0.25) is 9.69 Å². The van der Waals surface area contributed by atoms with E-state index in [2.05, 4.69) is 11.9 Å². The zero-order valence-electron chi connectivity index (χ0n) is 17.8. The molecule has 4 rings (SSSR count). The Bertz CT molecular complexity index is 1250. The van der Waals surface area contributed by atoms with Gasteiger partial charge in [-0.25, -0.2) is 4.99 Å². The highest BCUT2D eigenvalue weighted by molar-refractivity contribution is 8.18. The minimum absolute atomic E-state index is 0.0954. The molecule has 1 amide bonds. The van der Waals surface area contributed by atoms with Crippen LogP contribution in [0.25, 0.3) is 17.4 Å². The largest absolute Gasteiger partial charge is 0.545 e. The first-order chi connectivity index (χ1) is 16.0. The number of amides is 1. The molecule has 0 spiro atoms. The summed E-state index contributed by atoms with van der Waals surface area (Å²) in [6, 6.07) is 17.5. The fourth-order valence-electron chi connectivity index (χ4n) is 3.27. The van der Waals surface area contributed by atoms with Gasteiger partial charge in [0.2, 0.25) is 0 Å². The van der Waals surface area contributed by atoms with E-state index >= 15 is 0 Å². The number of furan rings is 1. The van der Waals surface area contributed by atoms with E-state index < -0.39 is 5.97 Å². The van der Waals surface area contributed by atoms with Gasteiger partial charge in [-0.05, 0) is 60.6 Å². The van der Waals surface area contributed by atoms with E-state index in [9.17, 15) is 14.7 Å². The van der Waals surface area contributed by atoms with E-state index in [4.69, 9.17) is 16.0 Å². The Morgan fingerprint density at radius 1 is 1.18 bits per heavy atom. The minimum atomic E-state index is -1.36. The van der Waals surface area contributed by atoms with E-state index in [0.29, 0.717) is 33.7 Å². The molecule has 6 nitrogen and oxygen atoms in total. The molecule has 0 bridgehead atoms. The van der Waals surface area contributed by atoms with Crippen molar-refractivity contribution in [2.24, 2.45) is 4.99 Å². The van der Waals surface area contributed by atoms with Gasteiger partial charge in [-0.1, -0.05) is 43.1 Å². The highest BCUT2D eigenvalue weighted by Gasteiger charge is 2.33. The van der Waals surface area contributed by atoms with E-state index in [1.807, 2.05) is 30.3 Å². The second-order valence-electron chi connectivity index (χ2n) is 7.34. The first-order valence-electron chi connectivity index (χ1n) is 10.4. The zero-order chi connectivity index (χ0) is 23.4. The SMILES string of the molecule is CCCCN1C(=O)/C(=C/c2ccc(-c3ccc(Cl)c(C(=O)[O-])c3)o2)SC1=Nc1ccccc1. The Kier molecular flexibility index (Phi) is 7.01. The maximum atomic E-state index is 13.1. The van der Waals surface area contributed by atoms with Crippen molar-refractivity contribution >= 4 is 52.2 Å². The molecule has 1 aliphatic heterocycles. The zero-order valence-corrected chi connectivity index (χ0v) is 19.4. The molecule has 8 heteroatoms. The van der Waals surface area contributed by atoms with Crippen LogP contribution in [0.2, 0.25) is 5.02 Å². The van der Waals surface area contributed by atoms with Crippen LogP contribution in [0.5, 0.6) is 0 Å². The molecule has 2 heterocycles. The van der Waals surface area contributed by atoms with Gasteiger partial charge in [0.25, 0.3) is 5.91 Å². The number of aliphatic imine (C=N–C) groups is 1. The maximum Gasteiger partial charge on any atom is 0.266 e. The molecule has 0 N–H and O–H groups in total. The Morgan fingerprint density at radius 2 is 1.97 bits per heavy atom. The number of unbranched alkanes of at least 4 members (excludes halogenated alkanes) is 1. The summed E-state index contributed by atoms with van der Waals surface area (Å²) >= 11 is 7.22. The third-order valence-corrected chi connectivity index (χ3v) is 6.31. The number of amidine groups is 1. The lowest BCUT2D eigenvalue weighted by Crippen LogP contribution is -2.30. The molecule has 0 aliphatic carbocycles. The first kappa shape index (κ1) is 22.9. The summed E-state index contributed by atoms with van der Waals surface area (Å²) in [5, 5.41) is 12.0. The van der Waals surface area contributed by atoms with Crippen molar-refractivity contribution in [3.8, 4) is 11.3 Å². The van der Waals surface area contributed by atoms with Crippen LogP contribution in [-0.4, -0.2) is 28.5 Å². The summed E-state index contributed by atoms with van der Waals surface area (Å²) in [4.78, 5) is 31.2. The van der Waals surface area contributed by atoms with E-state index in [1.165, 1.54) is 23.9 Å². The third-order valence-electron chi connectivity index (χ3n) is 4.98. The van der Waals surface area contributed by atoms with Gasteiger partial charge in [-0.2, -0.15) is 0 Å². The molecule has 2 aromatic carbocycles. The summed E-state index contributed by atoms with van der Waals surface area (Å²) in [5.41, 5.74) is 1.21.